The fraction of sp³-hybridized carbons (Fsp3) is 0. The van der Waals surface area contributed by atoms with Crippen LogP contribution in [0.15, 0.2) is 109 Å². The van der Waals surface area contributed by atoms with Gasteiger partial charge in [-0.2, -0.15) is 0 Å². The molecule has 8 rings (SSSR count). The van der Waals surface area contributed by atoms with Gasteiger partial charge >= 0.3 is 0 Å². The SMILES string of the molecule is c1ccc2c(c1)-c1cccc3c(-n4c5ccccc5c5ncc6ccccc6c54)ccc-2c13. The largest absolute Gasteiger partial charge is 0.306 e. The van der Waals surface area contributed by atoms with E-state index in [9.17, 15) is 0 Å². The van der Waals surface area contributed by atoms with E-state index < -0.39 is 0 Å². The van der Waals surface area contributed by atoms with E-state index >= 15 is 0 Å². The average molecular weight is 418 g/mol. The van der Waals surface area contributed by atoms with Gasteiger partial charge < -0.3 is 4.57 Å². The summed E-state index contributed by atoms with van der Waals surface area (Å²) in [5, 5.41) is 6.19. The number of hydrogen-bond acceptors (Lipinski definition) is 1. The number of fused-ring (bicyclic) bond motifs is 8. The molecule has 0 radical (unpaired) electrons. The van der Waals surface area contributed by atoms with E-state index in [1.54, 1.807) is 0 Å². The zero-order valence-corrected chi connectivity index (χ0v) is 17.8. The highest BCUT2D eigenvalue weighted by Gasteiger charge is 2.24. The summed E-state index contributed by atoms with van der Waals surface area (Å²) in [6.07, 6.45) is 2.00. The molecule has 2 nitrogen and oxygen atoms in total. The number of pyridine rings is 1. The van der Waals surface area contributed by atoms with Gasteiger partial charge in [0.15, 0.2) is 0 Å². The van der Waals surface area contributed by atoms with Crippen molar-refractivity contribution in [3.8, 4) is 27.9 Å². The van der Waals surface area contributed by atoms with Gasteiger partial charge in [0.05, 0.1) is 22.2 Å². The number of aromatic nitrogens is 2. The van der Waals surface area contributed by atoms with Crippen molar-refractivity contribution in [2.24, 2.45) is 0 Å². The number of hydrogen-bond donors (Lipinski definition) is 0. The molecule has 7 aromatic rings. The summed E-state index contributed by atoms with van der Waals surface area (Å²) >= 11 is 0. The van der Waals surface area contributed by atoms with E-state index in [1.807, 2.05) is 6.20 Å². The molecule has 2 heterocycles. The first-order valence-corrected chi connectivity index (χ1v) is 11.3. The minimum Gasteiger partial charge on any atom is -0.306 e. The van der Waals surface area contributed by atoms with Crippen molar-refractivity contribution in [3.05, 3.63) is 109 Å². The lowest BCUT2D eigenvalue weighted by Gasteiger charge is -2.14. The number of benzene rings is 5. The highest BCUT2D eigenvalue weighted by Crippen LogP contribution is 2.49. The minimum atomic E-state index is 1.05. The smallest absolute Gasteiger partial charge is 0.0970 e. The van der Waals surface area contributed by atoms with Crippen molar-refractivity contribution in [2.75, 3.05) is 0 Å². The van der Waals surface area contributed by atoms with Crippen LogP contribution >= 0.6 is 0 Å². The molecule has 0 amide bonds. The third kappa shape index (κ3) is 2.10. The second kappa shape index (κ2) is 6.08. The third-order valence-corrected chi connectivity index (χ3v) is 7.16. The second-order valence-corrected chi connectivity index (χ2v) is 8.80. The van der Waals surface area contributed by atoms with Crippen molar-refractivity contribution in [1.29, 1.82) is 0 Å². The van der Waals surface area contributed by atoms with Gasteiger partial charge in [0.2, 0.25) is 0 Å². The molecular formula is C31H18N2. The second-order valence-electron chi connectivity index (χ2n) is 8.80. The summed E-state index contributed by atoms with van der Waals surface area (Å²) in [5.41, 5.74) is 9.91. The molecule has 2 aromatic heterocycles. The average Bonchev–Trinajstić information content (AvgIpc) is 3.39. The Balaban J connectivity index is 1.59. The third-order valence-electron chi connectivity index (χ3n) is 7.16. The summed E-state index contributed by atoms with van der Waals surface area (Å²) in [6, 6.07) is 37.2. The van der Waals surface area contributed by atoms with Crippen molar-refractivity contribution in [3.63, 3.8) is 0 Å². The Kier molecular flexibility index (Phi) is 3.16. The summed E-state index contributed by atoms with van der Waals surface area (Å²) < 4.78 is 2.42. The Labute approximate surface area is 190 Å². The van der Waals surface area contributed by atoms with E-state index in [2.05, 4.69) is 108 Å². The Hall–Kier alpha value is -4.43. The minimum absolute atomic E-state index is 1.05. The van der Waals surface area contributed by atoms with Gasteiger partial charge in [-0.15, -0.1) is 0 Å². The van der Waals surface area contributed by atoms with Gasteiger partial charge in [-0.1, -0.05) is 91.0 Å². The molecule has 0 atom stereocenters. The summed E-state index contributed by atoms with van der Waals surface area (Å²) in [5.74, 6) is 0. The lowest BCUT2D eigenvalue weighted by atomic mass is 10.0. The molecule has 33 heavy (non-hydrogen) atoms. The summed E-state index contributed by atoms with van der Waals surface area (Å²) in [7, 11) is 0. The molecule has 0 bridgehead atoms. The maximum Gasteiger partial charge on any atom is 0.0970 e. The predicted octanol–water partition coefficient (Wildman–Crippen LogP) is 8.13. The maximum atomic E-state index is 4.92. The normalized spacial score (nSPS) is 12.2. The van der Waals surface area contributed by atoms with Crippen molar-refractivity contribution >= 4 is 43.5 Å². The molecule has 0 N–H and O–H groups in total. The molecule has 0 saturated carbocycles. The van der Waals surface area contributed by atoms with E-state index in [0.717, 1.165) is 10.9 Å². The number of rotatable bonds is 1. The van der Waals surface area contributed by atoms with Crippen LogP contribution in [-0.2, 0) is 0 Å². The quantitative estimate of drug-likeness (QED) is 0.263. The highest BCUT2D eigenvalue weighted by molar-refractivity contribution is 6.20. The maximum absolute atomic E-state index is 4.92. The predicted molar refractivity (Wildman–Crippen MR) is 138 cm³/mol. The standard InChI is InChI=1S/C31H18N2/c1-2-9-20-19(8-1)18-32-30-26-12-5-6-15-27(26)33(31(20)30)28-17-16-24-22-11-4-3-10-21(22)23-13-7-14-25(28)29(23)24/h1-18H. The molecular weight excluding hydrogens is 400 g/mol. The Morgan fingerprint density at radius 2 is 1.18 bits per heavy atom. The van der Waals surface area contributed by atoms with E-state index in [-0.39, 0.29) is 0 Å². The molecule has 1 aliphatic rings. The zero-order chi connectivity index (χ0) is 21.5. The first kappa shape index (κ1) is 17.2. The molecule has 1 aliphatic carbocycles. The fourth-order valence-corrected chi connectivity index (χ4v) is 5.80. The fourth-order valence-electron chi connectivity index (χ4n) is 5.80. The molecule has 0 fully saturated rings. The molecule has 0 spiro atoms. The van der Waals surface area contributed by atoms with Gasteiger partial charge in [0, 0.05) is 27.7 Å². The first-order valence-electron chi connectivity index (χ1n) is 11.3. The lowest BCUT2D eigenvalue weighted by molar-refractivity contribution is 1.20. The monoisotopic (exact) mass is 418 g/mol. The van der Waals surface area contributed by atoms with E-state index in [1.165, 1.54) is 60.5 Å². The number of para-hydroxylation sites is 1. The molecule has 0 unspecified atom stereocenters. The first-order chi connectivity index (χ1) is 16.4. The number of nitrogens with zero attached hydrogens (tertiary/aromatic N) is 2. The molecule has 0 aliphatic heterocycles. The van der Waals surface area contributed by atoms with Crippen molar-refractivity contribution in [2.45, 2.75) is 0 Å². The van der Waals surface area contributed by atoms with Crippen LogP contribution < -0.4 is 0 Å². The van der Waals surface area contributed by atoms with Crippen molar-refractivity contribution in [1.82, 2.24) is 9.55 Å². The van der Waals surface area contributed by atoms with Gasteiger partial charge in [-0.3, -0.25) is 4.98 Å². The van der Waals surface area contributed by atoms with Gasteiger partial charge in [0.25, 0.3) is 0 Å². The van der Waals surface area contributed by atoms with Gasteiger partial charge in [-0.05, 0) is 39.8 Å². The Morgan fingerprint density at radius 1 is 0.515 bits per heavy atom. The van der Waals surface area contributed by atoms with Crippen LogP contribution in [0.3, 0.4) is 0 Å². The molecule has 0 saturated heterocycles. The molecule has 2 heteroatoms. The van der Waals surface area contributed by atoms with Crippen LogP contribution in [-0.4, -0.2) is 9.55 Å². The van der Waals surface area contributed by atoms with Crippen LogP contribution in [0.4, 0.5) is 0 Å². The Bertz CT molecular complexity index is 1890. The van der Waals surface area contributed by atoms with E-state index in [0.29, 0.717) is 0 Å². The molecule has 5 aromatic carbocycles. The van der Waals surface area contributed by atoms with Crippen molar-refractivity contribution < 1.29 is 0 Å². The topological polar surface area (TPSA) is 17.8 Å². The summed E-state index contributed by atoms with van der Waals surface area (Å²) in [6.45, 7) is 0. The molecule has 152 valence electrons. The van der Waals surface area contributed by atoms with Crippen LogP contribution in [0.5, 0.6) is 0 Å². The van der Waals surface area contributed by atoms with Crippen LogP contribution in [0.2, 0.25) is 0 Å². The van der Waals surface area contributed by atoms with Crippen LogP contribution in [0.25, 0.3) is 71.4 Å². The lowest BCUT2D eigenvalue weighted by Crippen LogP contribution is -1.96. The zero-order valence-electron chi connectivity index (χ0n) is 17.8. The van der Waals surface area contributed by atoms with E-state index in [4.69, 9.17) is 4.98 Å². The Morgan fingerprint density at radius 3 is 2.06 bits per heavy atom. The van der Waals surface area contributed by atoms with Crippen LogP contribution in [0.1, 0.15) is 0 Å². The van der Waals surface area contributed by atoms with Gasteiger partial charge in [-0.25, -0.2) is 0 Å². The summed E-state index contributed by atoms with van der Waals surface area (Å²) in [4.78, 5) is 4.92. The van der Waals surface area contributed by atoms with Crippen LogP contribution in [0, 0.1) is 0 Å². The highest BCUT2D eigenvalue weighted by atomic mass is 15.0. The van der Waals surface area contributed by atoms with Gasteiger partial charge in [0.1, 0.15) is 0 Å².